The molecule has 0 aliphatic carbocycles. The molecule has 0 amide bonds. The van der Waals surface area contributed by atoms with Crippen LogP contribution in [0, 0.1) is 0 Å². The molecule has 0 bridgehead atoms. The average molecular weight is 400 g/mol. The van der Waals surface area contributed by atoms with Gasteiger partial charge in [-0.25, -0.2) is 0 Å². The van der Waals surface area contributed by atoms with Crippen molar-refractivity contribution < 1.29 is 14.6 Å². The number of halogens is 2. The van der Waals surface area contributed by atoms with E-state index in [1.165, 1.54) is 0 Å². The van der Waals surface area contributed by atoms with Crippen LogP contribution < -0.4 is 14.8 Å². The summed E-state index contributed by atoms with van der Waals surface area (Å²) in [6.45, 7) is 7.37. The van der Waals surface area contributed by atoms with E-state index in [-0.39, 0.29) is 24.6 Å². The van der Waals surface area contributed by atoms with E-state index in [0.29, 0.717) is 36.3 Å². The van der Waals surface area contributed by atoms with Crippen LogP contribution in [0.4, 0.5) is 0 Å². The molecule has 26 heavy (non-hydrogen) atoms. The first-order valence-corrected chi connectivity index (χ1v) is 8.81. The highest BCUT2D eigenvalue weighted by molar-refractivity contribution is 6.31. The maximum absolute atomic E-state index is 9.43. The van der Waals surface area contributed by atoms with Crippen molar-refractivity contribution in [2.75, 3.05) is 13.2 Å². The van der Waals surface area contributed by atoms with Crippen LogP contribution in [0.1, 0.15) is 31.9 Å². The fourth-order valence-corrected chi connectivity index (χ4v) is 2.48. The van der Waals surface area contributed by atoms with E-state index in [2.05, 4.69) is 5.32 Å². The molecule has 2 N–H and O–H groups in total. The van der Waals surface area contributed by atoms with Crippen molar-refractivity contribution in [1.82, 2.24) is 5.32 Å². The molecule has 0 aromatic heterocycles. The zero-order valence-corrected chi connectivity index (χ0v) is 17.0. The number of hydrogen-bond acceptors (Lipinski definition) is 4. The Morgan fingerprint density at radius 2 is 1.73 bits per heavy atom. The molecular weight excluding hydrogens is 373 g/mol. The lowest BCUT2D eigenvalue weighted by atomic mass is 10.1. The number of aliphatic hydroxyl groups is 1. The molecule has 0 aliphatic rings. The van der Waals surface area contributed by atoms with Gasteiger partial charge in [-0.05, 0) is 32.9 Å². The molecule has 2 aromatic carbocycles. The second kappa shape index (κ2) is 10.6. The molecule has 0 heterocycles. The van der Waals surface area contributed by atoms with Gasteiger partial charge in [-0.1, -0.05) is 41.9 Å². The minimum Gasteiger partial charge on any atom is -0.490 e. The number of aliphatic hydroxyl groups excluding tert-OH is 1. The Morgan fingerprint density at radius 3 is 2.38 bits per heavy atom. The molecular formula is C20H27Cl2NO3. The lowest BCUT2D eigenvalue weighted by Gasteiger charge is -2.25. The van der Waals surface area contributed by atoms with Crippen molar-refractivity contribution in [1.29, 1.82) is 0 Å². The third-order valence-electron chi connectivity index (χ3n) is 3.84. The lowest BCUT2D eigenvalue weighted by Crippen LogP contribution is -2.42. The van der Waals surface area contributed by atoms with Gasteiger partial charge in [0.2, 0.25) is 0 Å². The molecule has 0 radical (unpaired) electrons. The third kappa shape index (κ3) is 6.36. The SMILES string of the molecule is CCOc1cccc(CNC(C)(C)CO)c1OCc1ccccc1Cl.Cl. The number of para-hydroxylation sites is 1. The molecule has 0 spiro atoms. The summed E-state index contributed by atoms with van der Waals surface area (Å²) in [6, 6.07) is 13.4. The molecule has 2 rings (SSSR count). The monoisotopic (exact) mass is 399 g/mol. The van der Waals surface area contributed by atoms with Crippen LogP contribution in [0.15, 0.2) is 42.5 Å². The van der Waals surface area contributed by atoms with Crippen LogP contribution >= 0.6 is 24.0 Å². The Labute approximate surface area is 166 Å². The van der Waals surface area contributed by atoms with Crippen LogP contribution in [-0.4, -0.2) is 23.9 Å². The van der Waals surface area contributed by atoms with Crippen molar-refractivity contribution in [2.45, 2.75) is 39.5 Å². The normalized spacial score (nSPS) is 11.0. The van der Waals surface area contributed by atoms with Gasteiger partial charge in [0.15, 0.2) is 11.5 Å². The van der Waals surface area contributed by atoms with Gasteiger partial charge >= 0.3 is 0 Å². The summed E-state index contributed by atoms with van der Waals surface area (Å²) in [7, 11) is 0. The van der Waals surface area contributed by atoms with Gasteiger partial charge in [-0.3, -0.25) is 0 Å². The van der Waals surface area contributed by atoms with E-state index in [4.69, 9.17) is 21.1 Å². The first kappa shape index (κ1) is 22.6. The molecule has 144 valence electrons. The van der Waals surface area contributed by atoms with Crippen molar-refractivity contribution in [3.8, 4) is 11.5 Å². The minimum absolute atomic E-state index is 0. The molecule has 6 heteroatoms. The van der Waals surface area contributed by atoms with Gasteiger partial charge in [0.1, 0.15) is 6.61 Å². The second-order valence-corrected chi connectivity index (χ2v) is 6.86. The van der Waals surface area contributed by atoms with E-state index in [1.807, 2.05) is 63.2 Å². The summed E-state index contributed by atoms with van der Waals surface area (Å²) in [5.74, 6) is 1.40. The Kier molecular flexibility index (Phi) is 9.23. The molecule has 0 atom stereocenters. The largest absolute Gasteiger partial charge is 0.490 e. The van der Waals surface area contributed by atoms with E-state index in [1.54, 1.807) is 0 Å². The summed E-state index contributed by atoms with van der Waals surface area (Å²) in [6.07, 6.45) is 0. The molecule has 0 saturated carbocycles. The topological polar surface area (TPSA) is 50.7 Å². The standard InChI is InChI=1S/C20H26ClNO3.ClH/c1-4-24-18-11-7-9-15(12-22-20(2,3)14-23)19(18)25-13-16-8-5-6-10-17(16)21;/h5-11,22-23H,4,12-14H2,1-3H3;1H. The van der Waals surface area contributed by atoms with Crippen molar-refractivity contribution in [3.05, 3.63) is 58.6 Å². The Balaban J connectivity index is 0.00000338. The summed E-state index contributed by atoms with van der Waals surface area (Å²) >= 11 is 6.22. The van der Waals surface area contributed by atoms with E-state index < -0.39 is 0 Å². The van der Waals surface area contributed by atoms with Crippen LogP contribution in [-0.2, 0) is 13.2 Å². The third-order valence-corrected chi connectivity index (χ3v) is 4.21. The molecule has 2 aromatic rings. The molecule has 4 nitrogen and oxygen atoms in total. The molecule has 0 fully saturated rings. The van der Waals surface area contributed by atoms with Crippen LogP contribution in [0.5, 0.6) is 11.5 Å². The number of nitrogens with one attached hydrogen (secondary N) is 1. The predicted molar refractivity (Wildman–Crippen MR) is 109 cm³/mol. The van der Waals surface area contributed by atoms with Gasteiger partial charge in [0.25, 0.3) is 0 Å². The predicted octanol–water partition coefficient (Wildman–Crippen LogP) is 4.60. The van der Waals surface area contributed by atoms with E-state index >= 15 is 0 Å². The highest BCUT2D eigenvalue weighted by atomic mass is 35.5. The van der Waals surface area contributed by atoms with Crippen molar-refractivity contribution in [3.63, 3.8) is 0 Å². The average Bonchev–Trinajstić information content (AvgIpc) is 2.60. The molecule has 0 aliphatic heterocycles. The fraction of sp³-hybridized carbons (Fsp3) is 0.400. The second-order valence-electron chi connectivity index (χ2n) is 6.45. The van der Waals surface area contributed by atoms with Gasteiger partial charge < -0.3 is 19.9 Å². The van der Waals surface area contributed by atoms with Crippen molar-refractivity contribution in [2.24, 2.45) is 0 Å². The van der Waals surface area contributed by atoms with Crippen molar-refractivity contribution >= 4 is 24.0 Å². The Hall–Kier alpha value is -1.46. The van der Waals surface area contributed by atoms with E-state index in [9.17, 15) is 5.11 Å². The summed E-state index contributed by atoms with van der Waals surface area (Å²) in [5.41, 5.74) is 1.52. The van der Waals surface area contributed by atoms with Gasteiger partial charge in [-0.15, -0.1) is 12.4 Å². The lowest BCUT2D eigenvalue weighted by molar-refractivity contribution is 0.186. The first-order chi connectivity index (χ1) is 12.0. The summed E-state index contributed by atoms with van der Waals surface area (Å²) in [5, 5.41) is 13.4. The highest BCUT2D eigenvalue weighted by Crippen LogP contribution is 2.33. The van der Waals surface area contributed by atoms with Gasteiger partial charge in [0, 0.05) is 28.2 Å². The number of ether oxygens (including phenoxy) is 2. The summed E-state index contributed by atoms with van der Waals surface area (Å²) < 4.78 is 11.8. The number of rotatable bonds is 9. The Bertz CT molecular complexity index is 693. The maximum atomic E-state index is 9.43. The van der Waals surface area contributed by atoms with E-state index in [0.717, 1.165) is 11.1 Å². The zero-order chi connectivity index (χ0) is 18.3. The van der Waals surface area contributed by atoms with Gasteiger partial charge in [-0.2, -0.15) is 0 Å². The van der Waals surface area contributed by atoms with Crippen LogP contribution in [0.25, 0.3) is 0 Å². The fourth-order valence-electron chi connectivity index (χ4n) is 2.29. The van der Waals surface area contributed by atoms with Crippen LogP contribution in [0.2, 0.25) is 5.02 Å². The Morgan fingerprint density at radius 1 is 1.04 bits per heavy atom. The number of benzene rings is 2. The van der Waals surface area contributed by atoms with Gasteiger partial charge in [0.05, 0.1) is 13.2 Å². The minimum atomic E-state index is -0.373. The summed E-state index contributed by atoms with van der Waals surface area (Å²) in [4.78, 5) is 0. The smallest absolute Gasteiger partial charge is 0.166 e. The first-order valence-electron chi connectivity index (χ1n) is 8.43. The number of hydrogen-bond donors (Lipinski definition) is 2. The van der Waals surface area contributed by atoms with Crippen LogP contribution in [0.3, 0.4) is 0 Å². The highest BCUT2D eigenvalue weighted by Gasteiger charge is 2.18. The maximum Gasteiger partial charge on any atom is 0.166 e. The quantitative estimate of drug-likeness (QED) is 0.646. The molecule has 0 saturated heterocycles. The zero-order valence-electron chi connectivity index (χ0n) is 15.4. The molecule has 0 unspecified atom stereocenters.